The van der Waals surface area contributed by atoms with E-state index in [0.717, 1.165) is 5.56 Å². The number of thioether (sulfide) groups is 1. The highest BCUT2D eigenvalue weighted by Gasteiger charge is 2.14. The molecule has 0 fully saturated rings. The summed E-state index contributed by atoms with van der Waals surface area (Å²) in [4.78, 5) is 12.2. The van der Waals surface area contributed by atoms with E-state index in [2.05, 4.69) is 15.5 Å². The van der Waals surface area contributed by atoms with Gasteiger partial charge in [-0.3, -0.25) is 4.79 Å². The monoisotopic (exact) mass is 432 g/mol. The molecular formula is C20H21ClN4O3S. The van der Waals surface area contributed by atoms with E-state index in [-0.39, 0.29) is 18.3 Å². The third kappa shape index (κ3) is 5.42. The van der Waals surface area contributed by atoms with E-state index < -0.39 is 0 Å². The van der Waals surface area contributed by atoms with Crippen molar-refractivity contribution >= 4 is 35.0 Å². The van der Waals surface area contributed by atoms with Gasteiger partial charge < -0.3 is 19.4 Å². The highest BCUT2D eigenvalue weighted by Crippen LogP contribution is 2.28. The maximum absolute atomic E-state index is 12.2. The number of para-hydroxylation sites is 1. The molecule has 0 aliphatic heterocycles. The van der Waals surface area contributed by atoms with Crippen LogP contribution in [0.5, 0.6) is 11.5 Å². The number of ether oxygens (including phenoxy) is 2. The highest BCUT2D eigenvalue weighted by atomic mass is 35.5. The van der Waals surface area contributed by atoms with Crippen molar-refractivity contribution in [3.05, 3.63) is 58.9 Å². The third-order valence-corrected chi connectivity index (χ3v) is 5.43. The van der Waals surface area contributed by atoms with Gasteiger partial charge >= 0.3 is 0 Å². The van der Waals surface area contributed by atoms with Crippen LogP contribution in [0.2, 0.25) is 5.02 Å². The van der Waals surface area contributed by atoms with Gasteiger partial charge in [-0.1, -0.05) is 41.6 Å². The van der Waals surface area contributed by atoms with E-state index in [4.69, 9.17) is 21.1 Å². The Morgan fingerprint density at radius 2 is 2.00 bits per heavy atom. The number of anilines is 1. The van der Waals surface area contributed by atoms with E-state index in [1.54, 1.807) is 23.8 Å². The van der Waals surface area contributed by atoms with Crippen LogP contribution in [-0.4, -0.2) is 33.5 Å². The van der Waals surface area contributed by atoms with Crippen molar-refractivity contribution in [1.29, 1.82) is 0 Å². The van der Waals surface area contributed by atoms with Crippen LogP contribution >= 0.6 is 23.4 Å². The minimum Gasteiger partial charge on any atom is -0.493 e. The number of carbonyl (C=O) groups is 1. The molecule has 0 unspecified atom stereocenters. The lowest BCUT2D eigenvalue weighted by atomic mass is 10.2. The zero-order chi connectivity index (χ0) is 20.8. The van der Waals surface area contributed by atoms with Crippen LogP contribution in [0.15, 0.2) is 47.6 Å². The molecule has 1 amide bonds. The Kier molecular flexibility index (Phi) is 7.00. The predicted molar refractivity (Wildman–Crippen MR) is 114 cm³/mol. The molecule has 0 aliphatic rings. The van der Waals surface area contributed by atoms with Gasteiger partial charge in [-0.15, -0.1) is 10.2 Å². The standard InChI is InChI=1S/C20H21ClN4O3S/c1-13-8-9-16(17(10-13)27-3)28-11-18-23-24-20(25(18)2)29-12-19(26)22-15-7-5-4-6-14(15)21/h4-10H,11-12H2,1-3H3,(H,22,26). The second-order valence-electron chi connectivity index (χ2n) is 6.22. The molecule has 1 aromatic heterocycles. The lowest BCUT2D eigenvalue weighted by molar-refractivity contribution is -0.113. The first kappa shape index (κ1) is 21.0. The van der Waals surface area contributed by atoms with Crippen molar-refractivity contribution in [3.63, 3.8) is 0 Å². The molecule has 2 aromatic carbocycles. The van der Waals surface area contributed by atoms with Gasteiger partial charge in [0.15, 0.2) is 22.5 Å². The van der Waals surface area contributed by atoms with Gasteiger partial charge in [0.1, 0.15) is 6.61 Å². The molecule has 3 aromatic rings. The Hall–Kier alpha value is -2.71. The zero-order valence-electron chi connectivity index (χ0n) is 16.3. The van der Waals surface area contributed by atoms with Gasteiger partial charge in [0.25, 0.3) is 0 Å². The van der Waals surface area contributed by atoms with Gasteiger partial charge in [0.05, 0.1) is 23.6 Å². The summed E-state index contributed by atoms with van der Waals surface area (Å²) < 4.78 is 13.0. The fraction of sp³-hybridized carbons (Fsp3) is 0.250. The van der Waals surface area contributed by atoms with Gasteiger partial charge in [-0.2, -0.15) is 0 Å². The predicted octanol–water partition coefficient (Wildman–Crippen LogP) is 4.10. The number of nitrogens with zero attached hydrogens (tertiary/aromatic N) is 3. The van der Waals surface area contributed by atoms with Crippen molar-refractivity contribution in [2.45, 2.75) is 18.7 Å². The van der Waals surface area contributed by atoms with Gasteiger partial charge in [-0.25, -0.2) is 0 Å². The van der Waals surface area contributed by atoms with E-state index in [1.165, 1.54) is 11.8 Å². The Balaban J connectivity index is 1.57. The topological polar surface area (TPSA) is 78.3 Å². The molecule has 1 N–H and O–H groups in total. The maximum atomic E-state index is 12.2. The number of amides is 1. The van der Waals surface area contributed by atoms with E-state index >= 15 is 0 Å². The van der Waals surface area contributed by atoms with Gasteiger partial charge in [0.2, 0.25) is 5.91 Å². The average Bonchev–Trinajstić information content (AvgIpc) is 3.06. The van der Waals surface area contributed by atoms with Crippen molar-refractivity contribution < 1.29 is 14.3 Å². The van der Waals surface area contributed by atoms with E-state index in [1.807, 2.05) is 44.3 Å². The molecule has 0 saturated carbocycles. The molecule has 0 atom stereocenters. The second-order valence-corrected chi connectivity index (χ2v) is 7.57. The molecule has 1 heterocycles. The van der Waals surface area contributed by atoms with Crippen LogP contribution in [0.1, 0.15) is 11.4 Å². The molecule has 0 aliphatic carbocycles. The number of benzene rings is 2. The lowest BCUT2D eigenvalue weighted by Gasteiger charge is -2.11. The molecule has 29 heavy (non-hydrogen) atoms. The molecule has 9 heteroatoms. The smallest absolute Gasteiger partial charge is 0.234 e. The number of methoxy groups -OCH3 is 1. The number of rotatable bonds is 8. The summed E-state index contributed by atoms with van der Waals surface area (Å²) in [6.07, 6.45) is 0. The zero-order valence-corrected chi connectivity index (χ0v) is 17.9. The fourth-order valence-electron chi connectivity index (χ4n) is 2.51. The number of aryl methyl sites for hydroxylation is 1. The Morgan fingerprint density at radius 3 is 2.76 bits per heavy atom. The molecule has 0 spiro atoms. The van der Waals surface area contributed by atoms with Crippen LogP contribution in [-0.2, 0) is 18.4 Å². The summed E-state index contributed by atoms with van der Waals surface area (Å²) in [7, 11) is 3.44. The van der Waals surface area contributed by atoms with Gasteiger partial charge in [-0.05, 0) is 36.8 Å². The number of nitrogens with one attached hydrogen (secondary N) is 1. The number of halogens is 1. The molecule has 0 bridgehead atoms. The molecular weight excluding hydrogens is 412 g/mol. The first-order valence-electron chi connectivity index (χ1n) is 8.81. The average molecular weight is 433 g/mol. The molecule has 0 radical (unpaired) electrons. The van der Waals surface area contributed by atoms with Crippen molar-refractivity contribution in [1.82, 2.24) is 14.8 Å². The summed E-state index contributed by atoms with van der Waals surface area (Å²) >= 11 is 7.35. The number of hydrogen-bond donors (Lipinski definition) is 1. The van der Waals surface area contributed by atoms with Gasteiger partial charge in [0, 0.05) is 7.05 Å². The Bertz CT molecular complexity index is 1010. The van der Waals surface area contributed by atoms with Crippen molar-refractivity contribution in [2.24, 2.45) is 7.05 Å². The van der Waals surface area contributed by atoms with Crippen molar-refractivity contribution in [2.75, 3.05) is 18.2 Å². The fourth-order valence-corrected chi connectivity index (χ4v) is 3.42. The molecule has 7 nitrogen and oxygen atoms in total. The quantitative estimate of drug-likeness (QED) is 0.540. The minimum absolute atomic E-state index is 0.173. The largest absolute Gasteiger partial charge is 0.493 e. The maximum Gasteiger partial charge on any atom is 0.234 e. The van der Waals surface area contributed by atoms with Crippen molar-refractivity contribution in [3.8, 4) is 11.5 Å². The summed E-state index contributed by atoms with van der Waals surface area (Å²) in [6, 6.07) is 12.8. The molecule has 0 saturated heterocycles. The number of aromatic nitrogens is 3. The highest BCUT2D eigenvalue weighted by molar-refractivity contribution is 7.99. The van der Waals surface area contributed by atoms with E-state index in [9.17, 15) is 4.79 Å². The van der Waals surface area contributed by atoms with E-state index in [0.29, 0.717) is 33.2 Å². The van der Waals surface area contributed by atoms with Crippen LogP contribution in [0.3, 0.4) is 0 Å². The third-order valence-electron chi connectivity index (χ3n) is 4.08. The van der Waals surface area contributed by atoms with Crippen LogP contribution in [0.4, 0.5) is 5.69 Å². The summed E-state index contributed by atoms with van der Waals surface area (Å²) in [5.74, 6) is 1.95. The Labute approximate surface area is 178 Å². The van der Waals surface area contributed by atoms with Crippen LogP contribution < -0.4 is 14.8 Å². The summed E-state index contributed by atoms with van der Waals surface area (Å²) in [5, 5.41) is 12.2. The number of carbonyl (C=O) groups excluding carboxylic acids is 1. The first-order chi connectivity index (χ1) is 14.0. The first-order valence-corrected chi connectivity index (χ1v) is 10.2. The van der Waals surface area contributed by atoms with Crippen LogP contribution in [0.25, 0.3) is 0 Å². The summed E-state index contributed by atoms with van der Waals surface area (Å²) in [5.41, 5.74) is 1.67. The molecule has 3 rings (SSSR count). The van der Waals surface area contributed by atoms with Crippen LogP contribution in [0, 0.1) is 6.92 Å². The molecule has 152 valence electrons. The summed E-state index contributed by atoms with van der Waals surface area (Å²) in [6.45, 7) is 2.22. The SMILES string of the molecule is COc1cc(C)ccc1OCc1nnc(SCC(=O)Nc2ccccc2Cl)n1C. The second kappa shape index (κ2) is 9.67. The minimum atomic E-state index is -0.173. The Morgan fingerprint density at radius 1 is 1.21 bits per heavy atom. The number of hydrogen-bond acceptors (Lipinski definition) is 6. The lowest BCUT2D eigenvalue weighted by Crippen LogP contribution is -2.14. The normalized spacial score (nSPS) is 10.6.